The number of ether oxygens (including phenoxy) is 2. The minimum absolute atomic E-state index is 0.0189. The third kappa shape index (κ3) is 3.85. The third-order valence-corrected chi connectivity index (χ3v) is 8.25. The lowest BCUT2D eigenvalue weighted by molar-refractivity contribution is -0.195. The Balaban J connectivity index is 1.17. The standard InChI is InChI=1S/C27H30N8O4/c1-28-22-8-20(31-25-18(10-30-35(22)25)26(37)32-19-5-6-21(19)38-2)17-9-29-24-16(17)4-3-7-33(24)11-23(36)34-12-27(13-34)14-39-15-27/h3-4,7-10,19,21,28H,5-6,11-15H2,1-2H3,(H,32,37)/t19?,21-/m0/s1. The zero-order valence-electron chi connectivity index (χ0n) is 21.9. The van der Waals surface area contributed by atoms with Crippen molar-refractivity contribution >= 4 is 23.3 Å². The van der Waals surface area contributed by atoms with Gasteiger partial charge in [-0.25, -0.2) is 9.97 Å². The van der Waals surface area contributed by atoms with Gasteiger partial charge in [0, 0.05) is 56.8 Å². The van der Waals surface area contributed by atoms with E-state index in [4.69, 9.17) is 14.5 Å². The molecule has 2 N–H and O–H groups in total. The fourth-order valence-corrected chi connectivity index (χ4v) is 5.78. The highest BCUT2D eigenvalue weighted by Crippen LogP contribution is 2.38. The van der Waals surface area contributed by atoms with Crippen LogP contribution in [0.5, 0.6) is 0 Å². The molecule has 1 unspecified atom stereocenters. The van der Waals surface area contributed by atoms with Crippen molar-refractivity contribution in [3.05, 3.63) is 42.4 Å². The highest BCUT2D eigenvalue weighted by atomic mass is 16.5. The molecular weight excluding hydrogens is 500 g/mol. The maximum Gasteiger partial charge on any atom is 0.257 e. The Morgan fingerprint density at radius 2 is 2.05 bits per heavy atom. The van der Waals surface area contributed by atoms with Gasteiger partial charge in [0.15, 0.2) is 5.65 Å². The molecule has 0 radical (unpaired) electrons. The molecule has 2 amide bonds. The van der Waals surface area contributed by atoms with E-state index in [1.54, 1.807) is 31.1 Å². The first-order chi connectivity index (χ1) is 19.0. The molecule has 7 rings (SSSR count). The molecule has 2 aromatic heterocycles. The van der Waals surface area contributed by atoms with Crippen LogP contribution in [-0.2, 0) is 20.8 Å². The first kappa shape index (κ1) is 24.0. The number of carbonyl (C=O) groups is 2. The van der Waals surface area contributed by atoms with Gasteiger partial charge in [0.05, 0.1) is 42.7 Å². The van der Waals surface area contributed by atoms with Crippen LogP contribution in [-0.4, -0.2) is 93.5 Å². The number of amides is 2. The molecular formula is C27H30N8O4. The minimum Gasteiger partial charge on any atom is -0.380 e. The van der Waals surface area contributed by atoms with E-state index in [-0.39, 0.29) is 35.9 Å². The summed E-state index contributed by atoms with van der Waals surface area (Å²) >= 11 is 0. The van der Waals surface area contributed by atoms with Gasteiger partial charge in [0.25, 0.3) is 5.91 Å². The summed E-state index contributed by atoms with van der Waals surface area (Å²) in [5.41, 5.74) is 3.36. The number of likely N-dealkylation sites (tertiary alicyclic amines) is 1. The molecule has 2 atom stereocenters. The van der Waals surface area contributed by atoms with Crippen LogP contribution < -0.4 is 10.6 Å². The summed E-state index contributed by atoms with van der Waals surface area (Å²) in [5.74, 6) is 1.24. The number of nitrogens with zero attached hydrogens (tertiary/aromatic N) is 6. The average molecular weight is 531 g/mol. The maximum atomic E-state index is 13.2. The summed E-state index contributed by atoms with van der Waals surface area (Å²) < 4.78 is 14.2. The second-order valence-electron chi connectivity index (χ2n) is 10.8. The van der Waals surface area contributed by atoms with Crippen LogP contribution >= 0.6 is 0 Å². The molecule has 1 spiro atoms. The highest BCUT2D eigenvalue weighted by molar-refractivity contribution is 6.00. The van der Waals surface area contributed by atoms with Gasteiger partial charge in [0.1, 0.15) is 23.8 Å². The fraction of sp³-hybridized carbons (Fsp3) is 0.444. The number of methoxy groups -OCH3 is 1. The van der Waals surface area contributed by atoms with Gasteiger partial charge in [0.2, 0.25) is 5.91 Å². The van der Waals surface area contributed by atoms with Crippen LogP contribution in [0.2, 0.25) is 0 Å². The third-order valence-electron chi connectivity index (χ3n) is 8.25. The smallest absolute Gasteiger partial charge is 0.257 e. The van der Waals surface area contributed by atoms with Gasteiger partial charge in [-0.05, 0) is 25.0 Å². The van der Waals surface area contributed by atoms with Gasteiger partial charge in [-0.3, -0.25) is 9.59 Å². The largest absolute Gasteiger partial charge is 0.380 e. The first-order valence-electron chi connectivity index (χ1n) is 13.2. The molecule has 12 nitrogen and oxygen atoms in total. The number of pyridine rings is 1. The Morgan fingerprint density at radius 1 is 1.21 bits per heavy atom. The lowest BCUT2D eigenvalue weighted by Crippen LogP contribution is -2.67. The summed E-state index contributed by atoms with van der Waals surface area (Å²) in [7, 11) is 3.46. The maximum absolute atomic E-state index is 13.2. The van der Waals surface area contributed by atoms with Crippen molar-refractivity contribution in [3.63, 3.8) is 0 Å². The zero-order chi connectivity index (χ0) is 26.7. The number of nitrogens with one attached hydrogen (secondary N) is 2. The molecule has 1 saturated carbocycles. The van der Waals surface area contributed by atoms with Crippen LogP contribution in [0.3, 0.4) is 0 Å². The Kier molecular flexibility index (Phi) is 5.56. The first-order valence-corrected chi connectivity index (χ1v) is 13.2. The molecule has 1 aliphatic carbocycles. The van der Waals surface area contributed by atoms with Crippen molar-refractivity contribution in [2.75, 3.05) is 45.8 Å². The number of fused-ring (bicyclic) bond motifs is 2. The summed E-state index contributed by atoms with van der Waals surface area (Å²) in [6, 6.07) is 5.75. The number of carbonyl (C=O) groups excluding carboxylic acids is 2. The average Bonchev–Trinajstić information content (AvgIpc) is 3.50. The number of rotatable bonds is 7. The Hall–Kier alpha value is -4.03. The van der Waals surface area contributed by atoms with Gasteiger partial charge >= 0.3 is 0 Å². The fourth-order valence-electron chi connectivity index (χ4n) is 5.78. The van der Waals surface area contributed by atoms with Crippen LogP contribution in [0.15, 0.2) is 36.8 Å². The normalized spacial score (nSPS) is 21.4. The van der Waals surface area contributed by atoms with E-state index < -0.39 is 0 Å². The van der Waals surface area contributed by atoms with E-state index in [0.717, 1.165) is 50.3 Å². The molecule has 5 aliphatic rings. The van der Waals surface area contributed by atoms with Crippen molar-refractivity contribution in [3.8, 4) is 22.6 Å². The summed E-state index contributed by atoms with van der Waals surface area (Å²) in [5, 5.41) is 10.6. The number of anilines is 1. The molecule has 0 aromatic carbocycles. The predicted octanol–water partition coefficient (Wildman–Crippen LogP) is 1.51. The van der Waals surface area contributed by atoms with Crippen LogP contribution in [0, 0.1) is 5.41 Å². The number of hydrogen-bond donors (Lipinski definition) is 2. The SMILES string of the molecule is CNc1cc(-c2cnc3n(CC(=O)N4CC5(COC5)C4)cccc2-3)nc2c(C(=O)NC3CC[C@@H]3OC)cnn12. The van der Waals surface area contributed by atoms with Crippen LogP contribution in [0.1, 0.15) is 23.2 Å². The van der Waals surface area contributed by atoms with Crippen LogP contribution in [0.25, 0.3) is 28.3 Å². The molecule has 0 bridgehead atoms. The molecule has 6 heterocycles. The molecule has 2 aromatic rings. The summed E-state index contributed by atoms with van der Waals surface area (Å²) in [6.45, 7) is 3.22. The van der Waals surface area contributed by atoms with E-state index in [1.807, 2.05) is 33.9 Å². The van der Waals surface area contributed by atoms with Crippen molar-refractivity contribution in [1.82, 2.24) is 34.4 Å². The van der Waals surface area contributed by atoms with Crippen molar-refractivity contribution in [2.24, 2.45) is 5.41 Å². The van der Waals surface area contributed by atoms with Crippen molar-refractivity contribution in [1.29, 1.82) is 0 Å². The Labute approximate surface area is 224 Å². The van der Waals surface area contributed by atoms with E-state index >= 15 is 0 Å². The predicted molar refractivity (Wildman–Crippen MR) is 141 cm³/mol. The van der Waals surface area contributed by atoms with E-state index in [9.17, 15) is 9.59 Å². The van der Waals surface area contributed by atoms with Crippen molar-refractivity contribution < 1.29 is 19.1 Å². The van der Waals surface area contributed by atoms with Crippen molar-refractivity contribution in [2.45, 2.75) is 31.5 Å². The molecule has 202 valence electrons. The van der Waals surface area contributed by atoms with E-state index in [0.29, 0.717) is 28.5 Å². The molecule has 39 heavy (non-hydrogen) atoms. The van der Waals surface area contributed by atoms with Gasteiger partial charge in [-0.1, -0.05) is 0 Å². The molecule has 2 saturated heterocycles. The van der Waals surface area contributed by atoms with E-state index in [2.05, 4.69) is 20.7 Å². The summed E-state index contributed by atoms with van der Waals surface area (Å²) in [4.78, 5) is 37.5. The highest BCUT2D eigenvalue weighted by Gasteiger charge is 2.50. The summed E-state index contributed by atoms with van der Waals surface area (Å²) in [6.07, 6.45) is 7.02. The van der Waals surface area contributed by atoms with Gasteiger partial charge in [-0.15, -0.1) is 0 Å². The van der Waals surface area contributed by atoms with E-state index in [1.165, 1.54) is 0 Å². The topological polar surface area (TPSA) is 128 Å². The monoisotopic (exact) mass is 530 g/mol. The second-order valence-corrected chi connectivity index (χ2v) is 10.8. The molecule has 3 fully saturated rings. The van der Waals surface area contributed by atoms with Crippen LogP contribution in [0.4, 0.5) is 5.82 Å². The Bertz CT molecular complexity index is 1550. The second kappa shape index (κ2) is 9.02. The molecule has 12 heteroatoms. The minimum atomic E-state index is -0.230. The molecule has 4 aliphatic heterocycles. The van der Waals surface area contributed by atoms with Gasteiger partial charge in [-0.2, -0.15) is 9.61 Å². The Morgan fingerprint density at radius 3 is 2.74 bits per heavy atom. The lowest BCUT2D eigenvalue weighted by atomic mass is 9.78. The lowest BCUT2D eigenvalue weighted by Gasteiger charge is -2.55. The van der Waals surface area contributed by atoms with Gasteiger partial charge < -0.3 is 29.6 Å². The zero-order valence-corrected chi connectivity index (χ0v) is 21.9. The number of aromatic nitrogens is 5. The number of hydrogen-bond acceptors (Lipinski definition) is 8. The quantitative estimate of drug-likeness (QED) is 0.368.